The molecule has 3 heterocycles. The summed E-state index contributed by atoms with van der Waals surface area (Å²) in [5, 5.41) is 3.96. The van der Waals surface area contributed by atoms with Gasteiger partial charge in [0.15, 0.2) is 0 Å². The average molecular weight is 381 g/mol. The van der Waals surface area contributed by atoms with Crippen molar-refractivity contribution >= 4 is 34.7 Å². The number of hydrogen-bond acceptors (Lipinski definition) is 6. The molecule has 1 N–H and O–H groups in total. The van der Waals surface area contributed by atoms with Crippen molar-refractivity contribution in [3.05, 3.63) is 65.6 Å². The minimum Gasteiger partial charge on any atom is -0.353 e. The van der Waals surface area contributed by atoms with Crippen LogP contribution in [0, 0.1) is 6.92 Å². The Morgan fingerprint density at radius 2 is 1.59 bits per heavy atom. The highest BCUT2D eigenvalue weighted by molar-refractivity contribution is 6.33. The van der Waals surface area contributed by atoms with Gasteiger partial charge >= 0.3 is 0 Å². The van der Waals surface area contributed by atoms with Gasteiger partial charge in [0, 0.05) is 38.4 Å². The van der Waals surface area contributed by atoms with Crippen molar-refractivity contribution in [2.45, 2.75) is 6.92 Å². The highest BCUT2D eigenvalue weighted by Crippen LogP contribution is 2.26. The summed E-state index contributed by atoms with van der Waals surface area (Å²) >= 11 is 6.25. The molecule has 0 unspecified atom stereocenters. The Bertz CT molecular complexity index is 909. The first-order chi connectivity index (χ1) is 13.2. The Balaban J connectivity index is 1.48. The molecule has 0 amide bonds. The van der Waals surface area contributed by atoms with Crippen LogP contribution in [0.3, 0.4) is 0 Å². The Morgan fingerprint density at radius 3 is 2.30 bits per heavy atom. The maximum absolute atomic E-state index is 6.25. The number of nitrogens with zero attached hydrogens (tertiary/aromatic N) is 5. The van der Waals surface area contributed by atoms with Crippen molar-refractivity contribution in [3.63, 3.8) is 0 Å². The molecular formula is C20H21ClN6. The third-order valence-electron chi connectivity index (χ3n) is 4.54. The van der Waals surface area contributed by atoms with Gasteiger partial charge in [0.2, 0.25) is 0 Å². The van der Waals surface area contributed by atoms with Gasteiger partial charge in [-0.2, -0.15) is 0 Å². The fourth-order valence-corrected chi connectivity index (χ4v) is 3.37. The average Bonchev–Trinajstić information content (AvgIpc) is 2.70. The summed E-state index contributed by atoms with van der Waals surface area (Å²) in [7, 11) is 0. The second-order valence-corrected chi connectivity index (χ2v) is 6.83. The normalized spacial score (nSPS) is 14.3. The van der Waals surface area contributed by atoms with E-state index < -0.39 is 0 Å². The molecule has 4 rings (SSSR count). The number of aryl methyl sites for hydroxylation is 1. The molecule has 1 saturated heterocycles. The standard InChI is InChI=1S/C20H21ClN6/c1-15-23-18(25-17-7-3-2-6-16(17)21)14-20(24-15)27-12-10-26(11-13-27)19-8-4-5-9-22-19/h2-9,14H,10-13H2,1H3,(H,23,24,25). The zero-order valence-corrected chi connectivity index (χ0v) is 15.9. The van der Waals surface area contributed by atoms with Gasteiger partial charge in [-0.1, -0.05) is 29.8 Å². The van der Waals surface area contributed by atoms with Crippen molar-refractivity contribution in [1.82, 2.24) is 15.0 Å². The van der Waals surface area contributed by atoms with Crippen LogP contribution in [0.4, 0.5) is 23.1 Å². The highest BCUT2D eigenvalue weighted by atomic mass is 35.5. The third kappa shape index (κ3) is 4.11. The van der Waals surface area contributed by atoms with E-state index in [0.29, 0.717) is 5.02 Å². The molecule has 0 bridgehead atoms. The van der Waals surface area contributed by atoms with Gasteiger partial charge in [-0.25, -0.2) is 15.0 Å². The summed E-state index contributed by atoms with van der Waals surface area (Å²) in [6, 6.07) is 15.6. The molecule has 138 valence electrons. The van der Waals surface area contributed by atoms with Crippen molar-refractivity contribution in [1.29, 1.82) is 0 Å². The number of anilines is 4. The number of piperazine rings is 1. The predicted molar refractivity (Wildman–Crippen MR) is 110 cm³/mol. The lowest BCUT2D eigenvalue weighted by molar-refractivity contribution is 0.640. The summed E-state index contributed by atoms with van der Waals surface area (Å²) in [5.41, 5.74) is 0.836. The fraction of sp³-hybridized carbons (Fsp3) is 0.250. The van der Waals surface area contributed by atoms with E-state index in [1.807, 2.05) is 55.6 Å². The third-order valence-corrected chi connectivity index (χ3v) is 4.87. The van der Waals surface area contributed by atoms with E-state index >= 15 is 0 Å². The smallest absolute Gasteiger partial charge is 0.136 e. The van der Waals surface area contributed by atoms with Crippen LogP contribution in [0.5, 0.6) is 0 Å². The molecular weight excluding hydrogens is 360 g/mol. The quantitative estimate of drug-likeness (QED) is 0.740. The molecule has 1 aliphatic heterocycles. The summed E-state index contributed by atoms with van der Waals surface area (Å²) in [6.45, 7) is 5.50. The van der Waals surface area contributed by atoms with Crippen molar-refractivity contribution < 1.29 is 0 Å². The van der Waals surface area contributed by atoms with Crippen LogP contribution in [0.25, 0.3) is 0 Å². The number of nitrogens with one attached hydrogen (secondary N) is 1. The first-order valence-corrected chi connectivity index (χ1v) is 9.35. The lowest BCUT2D eigenvalue weighted by atomic mass is 10.3. The molecule has 1 aliphatic rings. The summed E-state index contributed by atoms with van der Waals surface area (Å²) < 4.78 is 0. The minimum absolute atomic E-state index is 0.666. The van der Waals surface area contributed by atoms with Gasteiger partial charge in [-0.3, -0.25) is 0 Å². The minimum atomic E-state index is 0.666. The number of benzene rings is 1. The molecule has 6 nitrogen and oxygen atoms in total. The number of rotatable bonds is 4. The molecule has 0 saturated carbocycles. The van der Waals surface area contributed by atoms with Crippen molar-refractivity contribution in [3.8, 4) is 0 Å². The highest BCUT2D eigenvalue weighted by Gasteiger charge is 2.20. The van der Waals surface area contributed by atoms with Gasteiger partial charge in [0.05, 0.1) is 10.7 Å². The van der Waals surface area contributed by atoms with E-state index in [-0.39, 0.29) is 0 Å². The number of halogens is 1. The molecule has 27 heavy (non-hydrogen) atoms. The SMILES string of the molecule is Cc1nc(Nc2ccccc2Cl)cc(N2CCN(c3ccccn3)CC2)n1. The van der Waals surface area contributed by atoms with Gasteiger partial charge in [-0.05, 0) is 31.2 Å². The van der Waals surface area contributed by atoms with Crippen LogP contribution in [0.1, 0.15) is 5.82 Å². The number of pyridine rings is 1. The van der Waals surface area contributed by atoms with Gasteiger partial charge < -0.3 is 15.1 Å². The van der Waals surface area contributed by atoms with Crippen LogP contribution >= 0.6 is 11.6 Å². The predicted octanol–water partition coefficient (Wildman–Crippen LogP) is 3.90. The first kappa shape index (κ1) is 17.5. The fourth-order valence-electron chi connectivity index (χ4n) is 3.18. The van der Waals surface area contributed by atoms with Gasteiger partial charge in [0.25, 0.3) is 0 Å². The lowest BCUT2D eigenvalue weighted by Gasteiger charge is -2.36. The molecule has 2 aromatic heterocycles. The van der Waals surface area contributed by atoms with Gasteiger partial charge in [-0.15, -0.1) is 0 Å². The molecule has 1 fully saturated rings. The Kier molecular flexibility index (Phi) is 5.07. The summed E-state index contributed by atoms with van der Waals surface area (Å²) in [6.07, 6.45) is 1.84. The van der Waals surface area contributed by atoms with Crippen LogP contribution < -0.4 is 15.1 Å². The monoisotopic (exact) mass is 380 g/mol. The molecule has 3 aromatic rings. The molecule has 0 atom stereocenters. The molecule has 0 radical (unpaired) electrons. The van der Waals surface area contributed by atoms with Crippen molar-refractivity contribution in [2.75, 3.05) is 41.3 Å². The second-order valence-electron chi connectivity index (χ2n) is 6.43. The number of hydrogen-bond donors (Lipinski definition) is 1. The number of aromatic nitrogens is 3. The molecule has 0 spiro atoms. The van der Waals surface area contributed by atoms with E-state index in [9.17, 15) is 0 Å². The molecule has 0 aliphatic carbocycles. The second kappa shape index (κ2) is 7.80. The van der Waals surface area contributed by atoms with Crippen LogP contribution in [-0.4, -0.2) is 41.1 Å². The van der Waals surface area contributed by atoms with Gasteiger partial charge in [0.1, 0.15) is 23.3 Å². The maximum Gasteiger partial charge on any atom is 0.136 e. The Morgan fingerprint density at radius 1 is 0.889 bits per heavy atom. The van der Waals surface area contributed by atoms with E-state index in [1.165, 1.54) is 0 Å². The zero-order valence-electron chi connectivity index (χ0n) is 15.1. The first-order valence-electron chi connectivity index (χ1n) is 8.97. The molecule has 1 aromatic carbocycles. The summed E-state index contributed by atoms with van der Waals surface area (Å²) in [4.78, 5) is 18.2. The van der Waals surface area contributed by atoms with E-state index in [0.717, 1.165) is 55.1 Å². The van der Waals surface area contributed by atoms with Crippen LogP contribution in [-0.2, 0) is 0 Å². The van der Waals surface area contributed by atoms with Crippen molar-refractivity contribution in [2.24, 2.45) is 0 Å². The lowest BCUT2D eigenvalue weighted by Crippen LogP contribution is -2.47. The van der Waals surface area contributed by atoms with Crippen LogP contribution in [0.2, 0.25) is 5.02 Å². The topological polar surface area (TPSA) is 57.2 Å². The van der Waals surface area contributed by atoms with E-state index in [4.69, 9.17) is 11.6 Å². The summed E-state index contributed by atoms with van der Waals surface area (Å²) in [5.74, 6) is 3.43. The van der Waals surface area contributed by atoms with E-state index in [2.05, 4.69) is 36.1 Å². The Hall–Kier alpha value is -2.86. The maximum atomic E-state index is 6.25. The number of para-hydroxylation sites is 1. The largest absolute Gasteiger partial charge is 0.353 e. The van der Waals surface area contributed by atoms with Crippen LogP contribution in [0.15, 0.2) is 54.7 Å². The van der Waals surface area contributed by atoms with E-state index in [1.54, 1.807) is 0 Å². The molecule has 7 heteroatoms. The zero-order chi connectivity index (χ0) is 18.6. The Labute approximate surface area is 163 Å².